The highest BCUT2D eigenvalue weighted by atomic mass is 32.2. The molecule has 46 heavy (non-hydrogen) atoms. The highest BCUT2D eigenvalue weighted by Gasteiger charge is 2.23. The number of aromatic nitrogens is 1. The molecule has 7 nitrogen and oxygen atoms in total. The molecule has 0 amide bonds. The smallest absolute Gasteiger partial charge is 0.137 e. The second-order valence-electron chi connectivity index (χ2n) is 12.6. The number of H-pyrrole nitrogens is 1. The molecule has 1 aromatic heterocycles. The number of benzene rings is 3. The van der Waals surface area contributed by atoms with Crippen LogP contribution >= 0.6 is 11.8 Å². The summed E-state index contributed by atoms with van der Waals surface area (Å²) in [6, 6.07) is 23.2. The van der Waals surface area contributed by atoms with Gasteiger partial charge < -0.3 is 37.3 Å². The SMILES string of the molecule is CN1C[C@H](CCCCN)NC[C@H](CCCN)NCc2ccccc2Sc2c(F)cccc2CNC[C@@H]1Cc1c[nH]c2ccccc12. The van der Waals surface area contributed by atoms with E-state index in [0.717, 1.165) is 80.7 Å². The molecule has 0 fully saturated rings. The highest BCUT2D eigenvalue weighted by molar-refractivity contribution is 7.99. The van der Waals surface area contributed by atoms with Gasteiger partial charge in [-0.25, -0.2) is 4.39 Å². The molecule has 0 aliphatic carbocycles. The van der Waals surface area contributed by atoms with Gasteiger partial charge in [0, 0.05) is 72.8 Å². The maximum absolute atomic E-state index is 15.4. The molecule has 0 saturated heterocycles. The van der Waals surface area contributed by atoms with Crippen LogP contribution < -0.4 is 27.4 Å². The van der Waals surface area contributed by atoms with Gasteiger partial charge in [0.1, 0.15) is 5.82 Å². The second kappa shape index (κ2) is 18.0. The Labute approximate surface area is 278 Å². The van der Waals surface area contributed by atoms with Crippen molar-refractivity contribution in [2.45, 2.75) is 79.5 Å². The number of aromatic amines is 1. The van der Waals surface area contributed by atoms with Crippen LogP contribution in [0.1, 0.15) is 48.8 Å². The van der Waals surface area contributed by atoms with E-state index in [1.54, 1.807) is 6.07 Å². The molecule has 4 aromatic rings. The molecule has 8 N–H and O–H groups in total. The van der Waals surface area contributed by atoms with Crippen LogP contribution in [-0.2, 0) is 19.5 Å². The number of unbranched alkanes of at least 4 members (excludes halogenated alkanes) is 1. The molecule has 248 valence electrons. The maximum atomic E-state index is 15.4. The number of nitrogens with two attached hydrogens (primary N) is 2. The van der Waals surface area contributed by atoms with Crippen LogP contribution in [0.5, 0.6) is 0 Å². The first-order chi connectivity index (χ1) is 22.6. The van der Waals surface area contributed by atoms with E-state index in [1.807, 2.05) is 18.2 Å². The average molecular weight is 646 g/mol. The summed E-state index contributed by atoms with van der Waals surface area (Å²) in [5, 5.41) is 12.8. The minimum Gasteiger partial charge on any atom is -0.361 e. The molecule has 0 bridgehead atoms. The predicted octanol–water partition coefficient (Wildman–Crippen LogP) is 5.39. The number of nitrogens with zero attached hydrogens (tertiary/aromatic N) is 1. The van der Waals surface area contributed by atoms with Gasteiger partial charge in [-0.05, 0) is 87.1 Å². The summed E-state index contributed by atoms with van der Waals surface area (Å²) in [6.07, 6.45) is 8.22. The first-order valence-electron chi connectivity index (χ1n) is 16.9. The fourth-order valence-electron chi connectivity index (χ4n) is 6.47. The first-order valence-corrected chi connectivity index (χ1v) is 17.7. The summed E-state index contributed by atoms with van der Waals surface area (Å²) in [7, 11) is 2.25. The maximum Gasteiger partial charge on any atom is 0.137 e. The molecule has 2 heterocycles. The van der Waals surface area contributed by atoms with Crippen molar-refractivity contribution in [3.8, 4) is 0 Å². The number of fused-ring (bicyclic) bond motifs is 3. The van der Waals surface area contributed by atoms with Gasteiger partial charge >= 0.3 is 0 Å². The van der Waals surface area contributed by atoms with Crippen molar-refractivity contribution in [3.05, 3.63) is 95.4 Å². The van der Waals surface area contributed by atoms with E-state index < -0.39 is 0 Å². The standard InChI is InChI=1S/C37H52FN7S/c1-45-26-31(12-6-7-18-39)43-24-30(13-9-19-40)42-22-27-10-2-5-17-36(27)46-37-28(11-8-15-34(37)38)21-41-25-32(45)20-29-23-44-35-16-4-3-14-33(29)35/h2-5,8,10-11,14-17,23,30-32,41-44H,6-7,9,12-13,18-22,24-26,39-40H2,1H3/t30-,31-,32-/m0/s1. The highest BCUT2D eigenvalue weighted by Crippen LogP contribution is 2.35. The monoisotopic (exact) mass is 645 g/mol. The largest absolute Gasteiger partial charge is 0.361 e. The van der Waals surface area contributed by atoms with E-state index in [4.69, 9.17) is 11.5 Å². The van der Waals surface area contributed by atoms with Gasteiger partial charge in [0.05, 0.1) is 4.90 Å². The number of likely N-dealkylation sites (N-methyl/N-ethyl adjacent to an activating group) is 1. The molecule has 0 radical (unpaired) electrons. The van der Waals surface area contributed by atoms with Crippen LogP contribution in [0, 0.1) is 5.82 Å². The van der Waals surface area contributed by atoms with Crippen molar-refractivity contribution in [1.29, 1.82) is 0 Å². The lowest BCUT2D eigenvalue weighted by Crippen LogP contribution is -2.50. The fraction of sp³-hybridized carbons (Fsp3) is 0.459. The molecule has 5 rings (SSSR count). The Bertz CT molecular complexity index is 1490. The van der Waals surface area contributed by atoms with E-state index >= 15 is 4.39 Å². The minimum absolute atomic E-state index is 0.178. The summed E-state index contributed by atoms with van der Waals surface area (Å²) in [5.74, 6) is -0.178. The molecule has 9 heteroatoms. The second-order valence-corrected chi connectivity index (χ2v) is 13.7. The number of para-hydroxylation sites is 1. The van der Waals surface area contributed by atoms with Crippen molar-refractivity contribution < 1.29 is 4.39 Å². The van der Waals surface area contributed by atoms with Crippen molar-refractivity contribution in [2.24, 2.45) is 11.5 Å². The zero-order chi connectivity index (χ0) is 32.1. The summed E-state index contributed by atoms with van der Waals surface area (Å²) in [4.78, 5) is 7.74. The first kappa shape index (κ1) is 34.6. The van der Waals surface area contributed by atoms with Gasteiger partial charge in [-0.2, -0.15) is 0 Å². The third kappa shape index (κ3) is 9.64. The van der Waals surface area contributed by atoms with Crippen LogP contribution in [0.2, 0.25) is 0 Å². The molecule has 3 atom stereocenters. The van der Waals surface area contributed by atoms with E-state index in [0.29, 0.717) is 30.6 Å². The van der Waals surface area contributed by atoms with Gasteiger partial charge in [0.2, 0.25) is 0 Å². The van der Waals surface area contributed by atoms with Gasteiger partial charge in [-0.15, -0.1) is 0 Å². The van der Waals surface area contributed by atoms with Gasteiger partial charge in [-0.1, -0.05) is 66.7 Å². The molecule has 3 aromatic carbocycles. The quantitative estimate of drug-likeness (QED) is 0.136. The molecule has 1 aliphatic heterocycles. The Kier molecular flexibility index (Phi) is 13.5. The Morgan fingerprint density at radius 1 is 0.826 bits per heavy atom. The zero-order valence-electron chi connectivity index (χ0n) is 27.2. The summed E-state index contributed by atoms with van der Waals surface area (Å²) < 4.78 is 15.4. The molecule has 0 saturated carbocycles. The third-order valence-corrected chi connectivity index (χ3v) is 10.5. The Morgan fingerprint density at radius 3 is 2.48 bits per heavy atom. The van der Waals surface area contributed by atoms with E-state index in [9.17, 15) is 0 Å². The normalized spacial score (nSPS) is 20.7. The van der Waals surface area contributed by atoms with E-state index in [-0.39, 0.29) is 17.9 Å². The van der Waals surface area contributed by atoms with Gasteiger partial charge in [0.15, 0.2) is 0 Å². The molecule has 0 unspecified atom stereocenters. The third-order valence-electron chi connectivity index (χ3n) is 9.19. The van der Waals surface area contributed by atoms with Gasteiger partial charge in [-0.3, -0.25) is 0 Å². The van der Waals surface area contributed by atoms with Crippen LogP contribution in [0.25, 0.3) is 10.9 Å². The van der Waals surface area contributed by atoms with Crippen LogP contribution in [-0.4, -0.2) is 67.8 Å². The molecule has 0 spiro atoms. The number of hydrogen-bond donors (Lipinski definition) is 6. The van der Waals surface area contributed by atoms with Crippen molar-refractivity contribution >= 4 is 22.7 Å². The van der Waals surface area contributed by atoms with Crippen molar-refractivity contribution in [3.63, 3.8) is 0 Å². The van der Waals surface area contributed by atoms with Crippen molar-refractivity contribution in [2.75, 3.05) is 39.8 Å². The summed E-state index contributed by atoms with van der Waals surface area (Å²) in [5.41, 5.74) is 16.5. The number of hydrogen-bond acceptors (Lipinski definition) is 7. The molecule has 1 aliphatic rings. The van der Waals surface area contributed by atoms with E-state index in [2.05, 4.69) is 81.5 Å². The summed E-state index contributed by atoms with van der Waals surface area (Å²) in [6.45, 7) is 5.27. The number of rotatable bonds is 9. The van der Waals surface area contributed by atoms with Gasteiger partial charge in [0.25, 0.3) is 0 Å². The topological polar surface area (TPSA) is 107 Å². The average Bonchev–Trinajstić information content (AvgIpc) is 3.48. The molecular weight excluding hydrogens is 594 g/mol. The Morgan fingerprint density at radius 2 is 1.61 bits per heavy atom. The predicted molar refractivity (Wildman–Crippen MR) is 191 cm³/mol. The van der Waals surface area contributed by atoms with Crippen molar-refractivity contribution in [1.82, 2.24) is 25.8 Å². The van der Waals surface area contributed by atoms with Crippen LogP contribution in [0.3, 0.4) is 0 Å². The summed E-state index contributed by atoms with van der Waals surface area (Å²) >= 11 is 1.53. The van der Waals surface area contributed by atoms with Crippen LogP contribution in [0.15, 0.2) is 82.7 Å². The Hall–Kier alpha value is -2.76. The number of halogens is 1. The Balaban J connectivity index is 1.45. The lowest BCUT2D eigenvalue weighted by molar-refractivity contribution is 0.201. The lowest BCUT2D eigenvalue weighted by Gasteiger charge is -2.33. The molecular formula is C37H52FN7S. The zero-order valence-corrected chi connectivity index (χ0v) is 28.1. The minimum atomic E-state index is -0.178. The fourth-order valence-corrected chi connectivity index (χ4v) is 7.55. The van der Waals surface area contributed by atoms with E-state index in [1.165, 1.54) is 28.3 Å². The van der Waals surface area contributed by atoms with Crippen LogP contribution in [0.4, 0.5) is 4.39 Å². The number of nitrogens with one attached hydrogen (secondary N) is 4. The lowest BCUT2D eigenvalue weighted by atomic mass is 10.0.